The number of rotatable bonds is 6. The fraction of sp³-hybridized carbons (Fsp3) is 0.0833. The van der Waals surface area contributed by atoms with Crippen molar-refractivity contribution in [3.8, 4) is 5.75 Å². The van der Waals surface area contributed by atoms with E-state index in [4.69, 9.17) is 4.74 Å². The Morgan fingerprint density at radius 1 is 0.871 bits per heavy atom. The number of nitrogens with zero attached hydrogens (tertiary/aromatic N) is 1. The Kier molecular flexibility index (Phi) is 7.26. The number of carbonyl (C=O) groups is 3. The highest BCUT2D eigenvalue weighted by atomic mass is 16.5. The number of esters is 1. The number of hydrogen-bond donors (Lipinski definition) is 2. The largest absolute Gasteiger partial charge is 0.423 e. The van der Waals surface area contributed by atoms with Crippen LogP contribution in [0.25, 0.3) is 0 Å². The zero-order valence-corrected chi connectivity index (χ0v) is 16.9. The first kappa shape index (κ1) is 21.4. The van der Waals surface area contributed by atoms with Crippen molar-refractivity contribution < 1.29 is 19.1 Å². The van der Waals surface area contributed by atoms with Gasteiger partial charge in [0.1, 0.15) is 5.75 Å². The van der Waals surface area contributed by atoms with Crippen LogP contribution in [0.15, 0.2) is 84.0 Å². The Morgan fingerprint density at radius 3 is 2.26 bits per heavy atom. The number of aryl methyl sites for hydroxylation is 1. The van der Waals surface area contributed by atoms with Gasteiger partial charge in [0.15, 0.2) is 0 Å². The molecule has 3 aromatic carbocycles. The van der Waals surface area contributed by atoms with Crippen LogP contribution in [0, 0.1) is 0 Å². The fourth-order valence-electron chi connectivity index (χ4n) is 2.71. The van der Waals surface area contributed by atoms with E-state index >= 15 is 0 Å². The van der Waals surface area contributed by atoms with Gasteiger partial charge >= 0.3 is 17.8 Å². The topological polar surface area (TPSA) is 96.9 Å². The van der Waals surface area contributed by atoms with Gasteiger partial charge in [-0.3, -0.25) is 9.59 Å². The molecular formula is C24H21N3O4. The molecule has 31 heavy (non-hydrogen) atoms. The molecule has 2 amide bonds. The molecule has 0 saturated heterocycles. The average molecular weight is 415 g/mol. The van der Waals surface area contributed by atoms with E-state index in [0.717, 1.165) is 12.0 Å². The van der Waals surface area contributed by atoms with Crippen LogP contribution in [0.5, 0.6) is 5.75 Å². The lowest BCUT2D eigenvalue weighted by molar-refractivity contribution is -0.136. The van der Waals surface area contributed by atoms with Gasteiger partial charge in [-0.05, 0) is 60.0 Å². The lowest BCUT2D eigenvalue weighted by Crippen LogP contribution is -2.32. The minimum absolute atomic E-state index is 0.379. The Morgan fingerprint density at radius 2 is 1.55 bits per heavy atom. The summed E-state index contributed by atoms with van der Waals surface area (Å²) >= 11 is 0. The van der Waals surface area contributed by atoms with Gasteiger partial charge in [-0.15, -0.1) is 0 Å². The fourth-order valence-corrected chi connectivity index (χ4v) is 2.71. The highest BCUT2D eigenvalue weighted by Crippen LogP contribution is 2.15. The maximum absolute atomic E-state index is 12.0. The summed E-state index contributed by atoms with van der Waals surface area (Å²) in [5, 5.41) is 6.37. The molecule has 0 aromatic heterocycles. The van der Waals surface area contributed by atoms with E-state index in [1.54, 1.807) is 60.7 Å². The SMILES string of the molecule is CCc1ccccc1NC(=O)C(=O)N/N=C/c1ccc(OC(=O)c2ccccc2)cc1. The molecule has 7 nitrogen and oxygen atoms in total. The van der Waals surface area contributed by atoms with Crippen molar-refractivity contribution in [2.45, 2.75) is 13.3 Å². The van der Waals surface area contributed by atoms with Gasteiger partial charge < -0.3 is 10.1 Å². The van der Waals surface area contributed by atoms with Crippen molar-refractivity contribution in [3.05, 3.63) is 95.6 Å². The van der Waals surface area contributed by atoms with E-state index in [9.17, 15) is 14.4 Å². The lowest BCUT2D eigenvalue weighted by atomic mass is 10.1. The number of carbonyl (C=O) groups excluding carboxylic acids is 3. The Hall–Kier alpha value is -4.26. The summed E-state index contributed by atoms with van der Waals surface area (Å²) < 4.78 is 5.30. The third kappa shape index (κ3) is 6.11. The Balaban J connectivity index is 1.51. The Bertz CT molecular complexity index is 1090. The Labute approximate surface area is 179 Å². The molecule has 0 heterocycles. The molecule has 0 atom stereocenters. The molecular weight excluding hydrogens is 394 g/mol. The molecule has 156 valence electrons. The minimum atomic E-state index is -0.879. The zero-order chi connectivity index (χ0) is 22.1. The van der Waals surface area contributed by atoms with Crippen LogP contribution in [0.2, 0.25) is 0 Å². The standard InChI is InChI=1S/C24H21N3O4/c1-2-18-8-6-7-11-21(18)26-22(28)23(29)27-25-16-17-12-14-20(15-13-17)31-24(30)19-9-4-3-5-10-19/h3-16H,2H2,1H3,(H,26,28)(H,27,29)/b25-16+. The number of nitrogens with one attached hydrogen (secondary N) is 2. The van der Waals surface area contributed by atoms with Gasteiger partial charge in [-0.2, -0.15) is 5.10 Å². The number of hydrazone groups is 1. The van der Waals surface area contributed by atoms with Crippen molar-refractivity contribution in [2.75, 3.05) is 5.32 Å². The average Bonchev–Trinajstić information content (AvgIpc) is 2.81. The summed E-state index contributed by atoms with van der Waals surface area (Å²) in [5.41, 5.74) is 4.82. The first-order chi connectivity index (χ1) is 15.1. The molecule has 3 rings (SSSR count). The number of amides is 2. The molecule has 0 aliphatic rings. The summed E-state index contributed by atoms with van der Waals surface area (Å²) in [6.45, 7) is 1.96. The zero-order valence-electron chi connectivity index (χ0n) is 16.9. The first-order valence-corrected chi connectivity index (χ1v) is 9.66. The van der Waals surface area contributed by atoms with Crippen LogP contribution < -0.4 is 15.5 Å². The second-order valence-electron chi connectivity index (χ2n) is 6.49. The van der Waals surface area contributed by atoms with Gasteiger partial charge in [-0.1, -0.05) is 43.3 Å². The molecule has 7 heteroatoms. The molecule has 0 aliphatic carbocycles. The number of benzene rings is 3. The minimum Gasteiger partial charge on any atom is -0.423 e. The van der Waals surface area contributed by atoms with E-state index in [2.05, 4.69) is 15.8 Å². The highest BCUT2D eigenvalue weighted by Gasteiger charge is 2.14. The van der Waals surface area contributed by atoms with Crippen molar-refractivity contribution in [1.29, 1.82) is 0 Å². The second-order valence-corrected chi connectivity index (χ2v) is 6.49. The maximum atomic E-state index is 12.0. The first-order valence-electron chi connectivity index (χ1n) is 9.66. The molecule has 3 aromatic rings. The van der Waals surface area contributed by atoms with E-state index in [0.29, 0.717) is 22.6 Å². The molecule has 0 spiro atoms. The number of ether oxygens (including phenoxy) is 1. The molecule has 0 saturated carbocycles. The van der Waals surface area contributed by atoms with Gasteiger partial charge in [0.25, 0.3) is 0 Å². The van der Waals surface area contributed by atoms with Crippen molar-refractivity contribution in [3.63, 3.8) is 0 Å². The van der Waals surface area contributed by atoms with E-state index in [1.165, 1.54) is 6.21 Å². The van der Waals surface area contributed by atoms with Gasteiger partial charge in [0.2, 0.25) is 0 Å². The molecule has 0 bridgehead atoms. The normalized spacial score (nSPS) is 10.5. The van der Waals surface area contributed by atoms with Crippen LogP contribution in [-0.2, 0) is 16.0 Å². The van der Waals surface area contributed by atoms with E-state index < -0.39 is 17.8 Å². The summed E-state index contributed by atoms with van der Waals surface area (Å²) in [4.78, 5) is 36.0. The number of anilines is 1. The van der Waals surface area contributed by atoms with Gasteiger partial charge in [0.05, 0.1) is 11.8 Å². The molecule has 0 unspecified atom stereocenters. The lowest BCUT2D eigenvalue weighted by Gasteiger charge is -2.08. The van der Waals surface area contributed by atoms with Crippen LogP contribution in [0.4, 0.5) is 5.69 Å². The van der Waals surface area contributed by atoms with Crippen LogP contribution in [0.3, 0.4) is 0 Å². The molecule has 0 fully saturated rings. The monoisotopic (exact) mass is 415 g/mol. The third-order valence-electron chi connectivity index (χ3n) is 4.33. The van der Waals surface area contributed by atoms with Crippen LogP contribution in [0.1, 0.15) is 28.4 Å². The van der Waals surface area contributed by atoms with Crippen molar-refractivity contribution >= 4 is 29.7 Å². The summed E-state index contributed by atoms with van der Waals surface area (Å²) in [7, 11) is 0. The summed E-state index contributed by atoms with van der Waals surface area (Å²) in [6.07, 6.45) is 2.11. The third-order valence-corrected chi connectivity index (χ3v) is 4.33. The second kappa shape index (κ2) is 10.5. The molecule has 2 N–H and O–H groups in total. The quantitative estimate of drug-likeness (QED) is 0.212. The van der Waals surface area contributed by atoms with E-state index in [1.807, 2.05) is 25.1 Å². The number of para-hydroxylation sites is 1. The van der Waals surface area contributed by atoms with Crippen LogP contribution in [-0.4, -0.2) is 24.0 Å². The van der Waals surface area contributed by atoms with E-state index in [-0.39, 0.29) is 0 Å². The highest BCUT2D eigenvalue weighted by molar-refractivity contribution is 6.39. The summed E-state index contributed by atoms with van der Waals surface area (Å²) in [5.74, 6) is -1.76. The van der Waals surface area contributed by atoms with Crippen LogP contribution >= 0.6 is 0 Å². The summed E-state index contributed by atoms with van der Waals surface area (Å²) in [6, 6.07) is 22.5. The molecule has 0 aliphatic heterocycles. The molecule has 0 radical (unpaired) electrons. The number of hydrogen-bond acceptors (Lipinski definition) is 5. The van der Waals surface area contributed by atoms with Gasteiger partial charge in [-0.25, -0.2) is 10.2 Å². The smallest absolute Gasteiger partial charge is 0.343 e. The maximum Gasteiger partial charge on any atom is 0.343 e. The predicted octanol–water partition coefficient (Wildman–Crippen LogP) is 3.56. The predicted molar refractivity (Wildman–Crippen MR) is 118 cm³/mol. The van der Waals surface area contributed by atoms with Crippen molar-refractivity contribution in [1.82, 2.24) is 5.43 Å². The van der Waals surface area contributed by atoms with Gasteiger partial charge in [0, 0.05) is 5.69 Å². The van der Waals surface area contributed by atoms with Crippen molar-refractivity contribution in [2.24, 2.45) is 5.10 Å².